The Morgan fingerprint density at radius 2 is 2.29 bits per heavy atom. The van der Waals surface area contributed by atoms with Crippen molar-refractivity contribution in [3.8, 4) is 0 Å². The summed E-state index contributed by atoms with van der Waals surface area (Å²) in [6.07, 6.45) is 7.58. The molecule has 0 amide bonds. The normalized spacial score (nSPS) is 28.1. The lowest BCUT2D eigenvalue weighted by atomic mass is 9.75. The predicted molar refractivity (Wildman–Crippen MR) is 61.0 cm³/mol. The van der Waals surface area contributed by atoms with Crippen LogP contribution in [0.2, 0.25) is 0 Å². The van der Waals surface area contributed by atoms with Gasteiger partial charge < -0.3 is 5.11 Å². The highest BCUT2D eigenvalue weighted by Gasteiger charge is 2.35. The Labute approximate surface area is 87.5 Å². The van der Waals surface area contributed by atoms with Crippen LogP contribution in [0.5, 0.6) is 0 Å². The van der Waals surface area contributed by atoms with Crippen molar-refractivity contribution in [1.82, 2.24) is 0 Å². The van der Waals surface area contributed by atoms with Crippen LogP contribution in [0.1, 0.15) is 34.1 Å². The average Bonchev–Trinajstić information content (AvgIpc) is 2.35. The lowest BCUT2D eigenvalue weighted by molar-refractivity contribution is 0.249. The smallest absolute Gasteiger partial charge is 0.0612 e. The Balaban J connectivity index is 2.67. The summed E-state index contributed by atoms with van der Waals surface area (Å²) >= 11 is 0. The minimum atomic E-state index is 0.157. The molecule has 80 valence electrons. The minimum Gasteiger partial charge on any atom is -0.392 e. The lowest BCUT2D eigenvalue weighted by Gasteiger charge is -2.30. The highest BCUT2D eigenvalue weighted by atomic mass is 16.2. The quantitative estimate of drug-likeness (QED) is 0.684. The summed E-state index contributed by atoms with van der Waals surface area (Å²) in [6, 6.07) is 0. The van der Waals surface area contributed by atoms with E-state index in [0.717, 1.165) is 0 Å². The Morgan fingerprint density at radius 3 is 2.71 bits per heavy atom. The van der Waals surface area contributed by atoms with Crippen LogP contribution in [-0.4, -0.2) is 11.7 Å². The van der Waals surface area contributed by atoms with Gasteiger partial charge in [-0.1, -0.05) is 44.6 Å². The second kappa shape index (κ2) is 4.31. The van der Waals surface area contributed by atoms with Crippen LogP contribution in [0.25, 0.3) is 0 Å². The lowest BCUT2D eigenvalue weighted by Crippen LogP contribution is -2.22. The van der Waals surface area contributed by atoms with Gasteiger partial charge in [-0.15, -0.1) is 0 Å². The Morgan fingerprint density at radius 1 is 1.64 bits per heavy atom. The highest BCUT2D eigenvalue weighted by Crippen LogP contribution is 2.45. The van der Waals surface area contributed by atoms with Crippen LogP contribution >= 0.6 is 0 Å². The zero-order valence-electron chi connectivity index (χ0n) is 9.75. The van der Waals surface area contributed by atoms with E-state index < -0.39 is 0 Å². The molecule has 0 aromatic heterocycles. The van der Waals surface area contributed by atoms with Crippen molar-refractivity contribution in [2.45, 2.75) is 34.1 Å². The molecule has 0 saturated carbocycles. The van der Waals surface area contributed by atoms with E-state index in [-0.39, 0.29) is 6.61 Å². The summed E-state index contributed by atoms with van der Waals surface area (Å²) in [6.45, 7) is 9.22. The predicted octanol–water partition coefficient (Wildman–Crippen LogP) is 3.16. The second-order valence-electron chi connectivity index (χ2n) is 5.09. The molecule has 0 aliphatic heterocycles. The molecular weight excluding hydrogens is 172 g/mol. The largest absolute Gasteiger partial charge is 0.392 e. The molecule has 1 aliphatic carbocycles. The monoisotopic (exact) mass is 194 g/mol. The van der Waals surface area contributed by atoms with E-state index in [1.807, 2.05) is 6.08 Å². The zero-order valence-corrected chi connectivity index (χ0v) is 9.75. The van der Waals surface area contributed by atoms with Crippen molar-refractivity contribution >= 4 is 0 Å². The molecule has 0 fully saturated rings. The molecular formula is C13H22O. The zero-order chi connectivity index (χ0) is 10.8. The van der Waals surface area contributed by atoms with Crippen molar-refractivity contribution in [3.63, 3.8) is 0 Å². The van der Waals surface area contributed by atoms with Crippen molar-refractivity contribution in [3.05, 3.63) is 23.8 Å². The summed E-state index contributed by atoms with van der Waals surface area (Å²) < 4.78 is 0. The van der Waals surface area contributed by atoms with Crippen molar-refractivity contribution in [2.75, 3.05) is 6.61 Å². The van der Waals surface area contributed by atoms with Crippen LogP contribution in [0, 0.1) is 17.3 Å². The summed E-state index contributed by atoms with van der Waals surface area (Å²) in [5.74, 6) is 1.23. The van der Waals surface area contributed by atoms with Gasteiger partial charge in [0.25, 0.3) is 0 Å². The van der Waals surface area contributed by atoms with Gasteiger partial charge in [0.05, 0.1) is 6.61 Å². The number of rotatable bonds is 3. The van der Waals surface area contributed by atoms with Gasteiger partial charge in [-0.25, -0.2) is 0 Å². The van der Waals surface area contributed by atoms with Crippen LogP contribution in [0.4, 0.5) is 0 Å². The summed E-state index contributed by atoms with van der Waals surface area (Å²) in [5, 5.41) is 8.74. The van der Waals surface area contributed by atoms with Gasteiger partial charge >= 0.3 is 0 Å². The summed E-state index contributed by atoms with van der Waals surface area (Å²) in [5.41, 5.74) is 1.81. The maximum atomic E-state index is 8.74. The van der Waals surface area contributed by atoms with Crippen molar-refractivity contribution in [1.29, 1.82) is 0 Å². The third-order valence-electron chi connectivity index (χ3n) is 3.30. The van der Waals surface area contributed by atoms with Crippen LogP contribution in [0.15, 0.2) is 23.8 Å². The molecule has 1 rings (SSSR count). The van der Waals surface area contributed by atoms with E-state index in [1.54, 1.807) is 0 Å². The van der Waals surface area contributed by atoms with E-state index in [9.17, 15) is 0 Å². The Hall–Kier alpha value is -0.560. The van der Waals surface area contributed by atoms with Gasteiger partial charge in [0, 0.05) is 0 Å². The second-order valence-corrected chi connectivity index (χ2v) is 5.09. The topological polar surface area (TPSA) is 20.2 Å². The standard InChI is InChI=1S/C13H22O/c1-10-8-12(13(3,4)9-10)11(2)6-5-7-14/h5-6,9,11-12,14H,7-8H2,1-4H3/b6-5+. The first-order valence-electron chi connectivity index (χ1n) is 5.43. The van der Waals surface area contributed by atoms with E-state index in [0.29, 0.717) is 17.3 Å². The highest BCUT2D eigenvalue weighted by molar-refractivity contribution is 5.18. The van der Waals surface area contributed by atoms with Crippen LogP contribution < -0.4 is 0 Å². The van der Waals surface area contributed by atoms with Gasteiger partial charge in [0.1, 0.15) is 0 Å². The first-order valence-corrected chi connectivity index (χ1v) is 5.43. The number of aliphatic hydroxyl groups is 1. The van der Waals surface area contributed by atoms with Crippen LogP contribution in [-0.2, 0) is 0 Å². The first kappa shape index (κ1) is 11.5. The molecule has 0 aromatic rings. The fraction of sp³-hybridized carbons (Fsp3) is 0.692. The van der Waals surface area contributed by atoms with Crippen LogP contribution in [0.3, 0.4) is 0 Å². The molecule has 0 aromatic carbocycles. The van der Waals surface area contributed by atoms with Gasteiger partial charge in [0.2, 0.25) is 0 Å². The van der Waals surface area contributed by atoms with Gasteiger partial charge in [-0.3, -0.25) is 0 Å². The number of hydrogen-bond acceptors (Lipinski definition) is 1. The fourth-order valence-electron chi connectivity index (χ4n) is 2.68. The summed E-state index contributed by atoms with van der Waals surface area (Å²) in [4.78, 5) is 0. The maximum Gasteiger partial charge on any atom is 0.0612 e. The molecule has 2 unspecified atom stereocenters. The van der Waals surface area contributed by atoms with Gasteiger partial charge in [-0.2, -0.15) is 0 Å². The molecule has 0 spiro atoms. The molecule has 0 heterocycles. The number of aliphatic hydroxyl groups excluding tert-OH is 1. The minimum absolute atomic E-state index is 0.157. The molecule has 0 bridgehead atoms. The number of allylic oxidation sites excluding steroid dienone is 3. The molecule has 1 aliphatic rings. The van der Waals surface area contributed by atoms with Gasteiger partial charge in [-0.05, 0) is 30.6 Å². The van der Waals surface area contributed by atoms with E-state index in [2.05, 4.69) is 39.8 Å². The molecule has 1 heteroatoms. The molecule has 0 saturated heterocycles. The molecule has 1 N–H and O–H groups in total. The van der Waals surface area contributed by atoms with Crippen molar-refractivity contribution in [2.24, 2.45) is 17.3 Å². The third-order valence-corrected chi connectivity index (χ3v) is 3.30. The maximum absolute atomic E-state index is 8.74. The van der Waals surface area contributed by atoms with Gasteiger partial charge in [0.15, 0.2) is 0 Å². The Bertz CT molecular complexity index is 248. The first-order chi connectivity index (χ1) is 6.47. The van der Waals surface area contributed by atoms with E-state index in [1.165, 1.54) is 12.0 Å². The number of hydrogen-bond donors (Lipinski definition) is 1. The molecule has 0 radical (unpaired) electrons. The molecule has 1 nitrogen and oxygen atoms in total. The third kappa shape index (κ3) is 2.48. The average molecular weight is 194 g/mol. The van der Waals surface area contributed by atoms with E-state index >= 15 is 0 Å². The molecule has 2 atom stereocenters. The molecule has 14 heavy (non-hydrogen) atoms. The van der Waals surface area contributed by atoms with E-state index in [4.69, 9.17) is 5.11 Å². The fourth-order valence-corrected chi connectivity index (χ4v) is 2.68. The van der Waals surface area contributed by atoms with Crippen molar-refractivity contribution < 1.29 is 5.11 Å². The SMILES string of the molecule is CC1=CC(C)(C)C(C(C)/C=C/CO)C1. The summed E-state index contributed by atoms with van der Waals surface area (Å²) in [7, 11) is 0. The Kier molecular flexibility index (Phi) is 3.54.